The maximum atomic E-state index is 5.88. The molecule has 2 unspecified atom stereocenters. The van der Waals surface area contributed by atoms with Crippen LogP contribution in [0.15, 0.2) is 79.3 Å². The fourth-order valence-corrected chi connectivity index (χ4v) is 5.10. The molecule has 4 aromatic rings. The fourth-order valence-electron chi connectivity index (χ4n) is 4.75. The van der Waals surface area contributed by atoms with Gasteiger partial charge in [-0.1, -0.05) is 12.1 Å². The Hall–Kier alpha value is -3.71. The number of nitrogens with zero attached hydrogens (tertiary/aromatic N) is 4. The van der Waals surface area contributed by atoms with Crippen LogP contribution in [-0.2, 0) is 6.54 Å². The number of rotatable bonds is 6. The van der Waals surface area contributed by atoms with Gasteiger partial charge in [-0.3, -0.25) is 9.97 Å². The summed E-state index contributed by atoms with van der Waals surface area (Å²) >= 11 is 5.88. The molecule has 172 valence electrons. The quantitative estimate of drug-likeness (QED) is 0.395. The van der Waals surface area contributed by atoms with Crippen LogP contribution in [0.4, 0.5) is 5.69 Å². The Bertz CT molecular complexity index is 1310. The Morgan fingerprint density at radius 3 is 2.56 bits per heavy atom. The molecule has 5 rings (SSSR count). The number of anilines is 1. The molecule has 0 spiro atoms. The second-order valence-electron chi connectivity index (χ2n) is 8.47. The minimum Gasteiger partial charge on any atom is -0.497 e. The zero-order valence-corrected chi connectivity index (χ0v) is 20.3. The van der Waals surface area contributed by atoms with Gasteiger partial charge in [0.2, 0.25) is 0 Å². The third-order valence-corrected chi connectivity index (χ3v) is 6.77. The number of ether oxygens (including phenoxy) is 1. The first-order chi connectivity index (χ1) is 16.6. The molecule has 7 heteroatoms. The zero-order chi connectivity index (χ0) is 23.7. The summed E-state index contributed by atoms with van der Waals surface area (Å²) in [6, 6.07) is 20.3. The van der Waals surface area contributed by atoms with Crippen LogP contribution < -0.4 is 15.0 Å². The lowest BCUT2D eigenvalue weighted by atomic mass is 9.96. The second-order valence-corrected chi connectivity index (χ2v) is 8.85. The number of hydrogen-bond acceptors (Lipinski definition) is 4. The van der Waals surface area contributed by atoms with Gasteiger partial charge in [0.15, 0.2) is 5.11 Å². The third-order valence-electron chi connectivity index (χ3n) is 6.45. The molecule has 1 fully saturated rings. The second kappa shape index (κ2) is 9.27. The van der Waals surface area contributed by atoms with E-state index >= 15 is 0 Å². The molecule has 0 aliphatic carbocycles. The van der Waals surface area contributed by atoms with Gasteiger partial charge in [0.25, 0.3) is 0 Å². The maximum Gasteiger partial charge on any atom is 0.174 e. The van der Waals surface area contributed by atoms with E-state index in [-0.39, 0.29) is 12.1 Å². The van der Waals surface area contributed by atoms with Crippen molar-refractivity contribution in [3.63, 3.8) is 0 Å². The molecule has 1 N–H and O–H groups in total. The summed E-state index contributed by atoms with van der Waals surface area (Å²) in [4.78, 5) is 11.0. The first-order valence-electron chi connectivity index (χ1n) is 11.3. The minimum atomic E-state index is -0.0882. The normalized spacial score (nSPS) is 17.6. The number of benzene rings is 1. The van der Waals surface area contributed by atoms with Crippen molar-refractivity contribution < 1.29 is 4.74 Å². The monoisotopic (exact) mass is 469 g/mol. The van der Waals surface area contributed by atoms with E-state index in [1.165, 1.54) is 22.5 Å². The highest BCUT2D eigenvalue weighted by Gasteiger charge is 2.42. The molecular weight excluding hydrogens is 442 g/mol. The van der Waals surface area contributed by atoms with Gasteiger partial charge in [0.1, 0.15) is 5.75 Å². The van der Waals surface area contributed by atoms with Crippen LogP contribution in [-0.4, -0.2) is 26.8 Å². The summed E-state index contributed by atoms with van der Waals surface area (Å²) in [7, 11) is 1.68. The van der Waals surface area contributed by atoms with E-state index in [9.17, 15) is 0 Å². The minimum absolute atomic E-state index is 0.0631. The Morgan fingerprint density at radius 1 is 1.00 bits per heavy atom. The van der Waals surface area contributed by atoms with Gasteiger partial charge >= 0.3 is 0 Å². The van der Waals surface area contributed by atoms with Crippen LogP contribution in [0.5, 0.6) is 5.75 Å². The number of hydrogen-bond donors (Lipinski definition) is 1. The van der Waals surface area contributed by atoms with Crippen LogP contribution in [0, 0.1) is 13.8 Å². The van der Waals surface area contributed by atoms with Crippen LogP contribution in [0.2, 0.25) is 0 Å². The molecular formula is C27H27N5OS. The maximum absolute atomic E-state index is 5.88. The smallest absolute Gasteiger partial charge is 0.174 e. The van der Waals surface area contributed by atoms with Gasteiger partial charge in [-0.2, -0.15) is 0 Å². The largest absolute Gasteiger partial charge is 0.497 e. The van der Waals surface area contributed by atoms with Crippen molar-refractivity contribution >= 4 is 23.0 Å². The summed E-state index contributed by atoms with van der Waals surface area (Å²) in [5.41, 5.74) is 6.79. The molecule has 1 aliphatic heterocycles. The Morgan fingerprint density at radius 2 is 1.82 bits per heavy atom. The zero-order valence-electron chi connectivity index (χ0n) is 19.5. The molecule has 0 bridgehead atoms. The average molecular weight is 470 g/mol. The van der Waals surface area contributed by atoms with Crippen molar-refractivity contribution in [3.8, 4) is 5.75 Å². The molecule has 0 saturated carbocycles. The topological polar surface area (TPSA) is 55.2 Å². The molecule has 0 radical (unpaired) electrons. The first-order valence-corrected chi connectivity index (χ1v) is 11.7. The third kappa shape index (κ3) is 4.03. The van der Waals surface area contributed by atoms with E-state index in [1.807, 2.05) is 48.9 Å². The van der Waals surface area contributed by atoms with Crippen molar-refractivity contribution in [2.24, 2.45) is 0 Å². The van der Waals surface area contributed by atoms with E-state index < -0.39 is 0 Å². The molecule has 1 saturated heterocycles. The number of thiocarbonyl (C=S) groups is 1. The Balaban J connectivity index is 1.62. The number of methoxy groups -OCH3 is 1. The van der Waals surface area contributed by atoms with Crippen molar-refractivity contribution in [1.29, 1.82) is 0 Å². The Kier molecular flexibility index (Phi) is 6.02. The van der Waals surface area contributed by atoms with Gasteiger partial charge < -0.3 is 19.5 Å². The van der Waals surface area contributed by atoms with E-state index in [1.54, 1.807) is 7.11 Å². The summed E-state index contributed by atoms with van der Waals surface area (Å²) in [6.07, 6.45) is 5.51. The van der Waals surface area contributed by atoms with Crippen molar-refractivity contribution in [2.75, 3.05) is 12.0 Å². The molecule has 3 aromatic heterocycles. The van der Waals surface area contributed by atoms with Crippen LogP contribution in [0.3, 0.4) is 0 Å². The van der Waals surface area contributed by atoms with E-state index in [0.717, 1.165) is 23.7 Å². The molecule has 4 heterocycles. The standard InChI is InChI=1S/C27H27N5OS/c1-18-15-23(19(2)31(18)17-20-10-13-28-14-11-20)26-25(24-9-4-5-12-29-24)30-27(34)32(26)21-7-6-8-22(16-21)33-3/h4-16,25-26H,17H2,1-3H3,(H,30,34). The summed E-state index contributed by atoms with van der Waals surface area (Å²) < 4.78 is 7.86. The summed E-state index contributed by atoms with van der Waals surface area (Å²) in [5.74, 6) is 0.795. The SMILES string of the molecule is COc1cccc(N2C(=S)NC(c3ccccn3)C2c2cc(C)n(Cc3ccncc3)c2C)c1. The lowest BCUT2D eigenvalue weighted by Gasteiger charge is -2.28. The van der Waals surface area contributed by atoms with Gasteiger partial charge in [0, 0.05) is 48.3 Å². The molecule has 1 aliphatic rings. The molecule has 6 nitrogen and oxygen atoms in total. The lowest BCUT2D eigenvalue weighted by Crippen LogP contribution is -2.29. The fraction of sp³-hybridized carbons (Fsp3) is 0.222. The summed E-state index contributed by atoms with van der Waals surface area (Å²) in [6.45, 7) is 5.13. The lowest BCUT2D eigenvalue weighted by molar-refractivity contribution is 0.415. The van der Waals surface area contributed by atoms with E-state index in [0.29, 0.717) is 5.11 Å². The molecule has 2 atom stereocenters. The predicted octanol–water partition coefficient (Wildman–Crippen LogP) is 5.13. The van der Waals surface area contributed by atoms with Crippen LogP contribution in [0.25, 0.3) is 0 Å². The van der Waals surface area contributed by atoms with Gasteiger partial charge in [-0.05, 0) is 79.7 Å². The van der Waals surface area contributed by atoms with Crippen molar-refractivity contribution in [3.05, 3.63) is 107 Å². The highest BCUT2D eigenvalue weighted by Crippen LogP contribution is 2.43. The van der Waals surface area contributed by atoms with Crippen molar-refractivity contribution in [2.45, 2.75) is 32.5 Å². The molecule has 1 aromatic carbocycles. The summed E-state index contributed by atoms with van der Waals surface area (Å²) in [5, 5.41) is 4.22. The van der Waals surface area contributed by atoms with Gasteiger partial charge in [0.05, 0.1) is 24.9 Å². The first kappa shape index (κ1) is 22.1. The van der Waals surface area contributed by atoms with Gasteiger partial charge in [-0.25, -0.2) is 0 Å². The number of nitrogens with one attached hydrogen (secondary N) is 1. The number of pyridine rings is 2. The number of aromatic nitrogens is 3. The highest BCUT2D eigenvalue weighted by atomic mass is 32.1. The molecule has 0 amide bonds. The highest BCUT2D eigenvalue weighted by molar-refractivity contribution is 7.80. The number of aryl methyl sites for hydroxylation is 1. The van der Waals surface area contributed by atoms with Gasteiger partial charge in [-0.15, -0.1) is 0 Å². The van der Waals surface area contributed by atoms with Crippen molar-refractivity contribution in [1.82, 2.24) is 19.9 Å². The van der Waals surface area contributed by atoms with Crippen LogP contribution >= 0.6 is 12.2 Å². The molecule has 34 heavy (non-hydrogen) atoms. The predicted molar refractivity (Wildman–Crippen MR) is 138 cm³/mol. The Labute approximate surface area is 205 Å². The van der Waals surface area contributed by atoms with E-state index in [2.05, 4.69) is 68.9 Å². The van der Waals surface area contributed by atoms with Crippen LogP contribution in [0.1, 0.15) is 40.3 Å². The van der Waals surface area contributed by atoms with E-state index in [4.69, 9.17) is 17.0 Å². The average Bonchev–Trinajstić information content (AvgIpc) is 3.36.